The quantitative estimate of drug-likeness (QED) is 0.721. The standard InChI is InChI=1S/C19H20F3N5/c1-10-7-11(8-12(10)9-23)15-5-4-14(19(20,21)22)17(25-15)16-13-3-2-6-24-18(13)27-26-16/h2-6,10-12H,7-9,23H2,1H3,(H,24,26,27). The van der Waals surface area contributed by atoms with Crippen LogP contribution in [0.2, 0.25) is 0 Å². The van der Waals surface area contributed by atoms with Crippen LogP contribution in [0.4, 0.5) is 13.2 Å². The zero-order valence-electron chi connectivity index (χ0n) is 14.8. The molecule has 0 radical (unpaired) electrons. The Kier molecular flexibility index (Phi) is 4.38. The first-order valence-corrected chi connectivity index (χ1v) is 8.96. The lowest BCUT2D eigenvalue weighted by Gasteiger charge is -2.15. The van der Waals surface area contributed by atoms with Gasteiger partial charge in [-0.2, -0.15) is 18.3 Å². The lowest BCUT2D eigenvalue weighted by molar-refractivity contribution is -0.137. The number of fused-ring (bicyclic) bond motifs is 1. The predicted octanol–water partition coefficient (Wildman–Crippen LogP) is 4.13. The van der Waals surface area contributed by atoms with Crippen LogP contribution in [-0.4, -0.2) is 26.7 Å². The molecule has 27 heavy (non-hydrogen) atoms. The highest BCUT2D eigenvalue weighted by molar-refractivity contribution is 5.90. The second-order valence-electron chi connectivity index (χ2n) is 7.24. The first-order valence-electron chi connectivity index (χ1n) is 8.96. The van der Waals surface area contributed by atoms with Gasteiger partial charge in [-0.25, -0.2) is 4.98 Å². The Morgan fingerprint density at radius 2 is 2.00 bits per heavy atom. The van der Waals surface area contributed by atoms with Gasteiger partial charge in [-0.05, 0) is 55.5 Å². The first-order chi connectivity index (χ1) is 12.9. The molecule has 1 saturated carbocycles. The number of nitrogens with one attached hydrogen (secondary N) is 1. The van der Waals surface area contributed by atoms with Crippen molar-refractivity contribution in [2.45, 2.75) is 31.9 Å². The molecule has 3 unspecified atom stereocenters. The average Bonchev–Trinajstić information content (AvgIpc) is 3.23. The van der Waals surface area contributed by atoms with Crippen molar-refractivity contribution in [2.24, 2.45) is 17.6 Å². The van der Waals surface area contributed by atoms with E-state index in [0.29, 0.717) is 35.1 Å². The largest absolute Gasteiger partial charge is 0.418 e. The Balaban J connectivity index is 1.83. The summed E-state index contributed by atoms with van der Waals surface area (Å²) in [5, 5.41) is 7.30. The van der Waals surface area contributed by atoms with Crippen LogP contribution in [0, 0.1) is 11.8 Å². The van der Waals surface area contributed by atoms with E-state index in [1.165, 1.54) is 6.07 Å². The summed E-state index contributed by atoms with van der Waals surface area (Å²) in [7, 11) is 0. The molecular formula is C19H20F3N5. The molecule has 3 N–H and O–H groups in total. The van der Waals surface area contributed by atoms with E-state index in [0.717, 1.165) is 18.9 Å². The van der Waals surface area contributed by atoms with E-state index in [1.54, 1.807) is 18.3 Å². The van der Waals surface area contributed by atoms with Gasteiger partial charge in [0.15, 0.2) is 5.65 Å². The van der Waals surface area contributed by atoms with E-state index in [2.05, 4.69) is 27.1 Å². The van der Waals surface area contributed by atoms with Gasteiger partial charge in [-0.3, -0.25) is 10.1 Å². The van der Waals surface area contributed by atoms with E-state index in [1.807, 2.05) is 0 Å². The highest BCUT2D eigenvalue weighted by Gasteiger charge is 2.37. The maximum atomic E-state index is 13.6. The van der Waals surface area contributed by atoms with Crippen molar-refractivity contribution >= 4 is 11.0 Å². The number of halogens is 3. The lowest BCUT2D eigenvalue weighted by Crippen LogP contribution is -2.16. The number of rotatable bonds is 3. The third-order valence-corrected chi connectivity index (χ3v) is 5.55. The van der Waals surface area contributed by atoms with Crippen LogP contribution >= 0.6 is 0 Å². The Labute approximate surface area is 154 Å². The molecule has 0 aromatic carbocycles. The number of alkyl halides is 3. The molecule has 0 saturated heterocycles. The SMILES string of the molecule is CC1CC(c2ccc(C(F)(F)F)c(-c3n[nH]c4ncccc34)n2)CC1CN. The molecule has 3 aromatic heterocycles. The summed E-state index contributed by atoms with van der Waals surface area (Å²) in [4.78, 5) is 8.55. The van der Waals surface area contributed by atoms with Crippen LogP contribution in [0.25, 0.3) is 22.4 Å². The summed E-state index contributed by atoms with van der Waals surface area (Å²) >= 11 is 0. The maximum Gasteiger partial charge on any atom is 0.418 e. The molecule has 0 aliphatic heterocycles. The summed E-state index contributed by atoms with van der Waals surface area (Å²) in [5.74, 6) is 0.916. The second kappa shape index (κ2) is 6.60. The summed E-state index contributed by atoms with van der Waals surface area (Å²) in [6.07, 6.45) is -1.23. The van der Waals surface area contributed by atoms with Crippen molar-refractivity contribution in [1.82, 2.24) is 20.2 Å². The fraction of sp³-hybridized carbons (Fsp3) is 0.421. The van der Waals surface area contributed by atoms with Crippen LogP contribution in [0.1, 0.15) is 36.9 Å². The Bertz CT molecular complexity index is 965. The summed E-state index contributed by atoms with van der Waals surface area (Å²) < 4.78 is 40.9. The molecule has 4 rings (SSSR count). The predicted molar refractivity (Wildman–Crippen MR) is 95.8 cm³/mol. The molecular weight excluding hydrogens is 355 g/mol. The van der Waals surface area contributed by atoms with Crippen LogP contribution < -0.4 is 5.73 Å². The molecule has 5 nitrogen and oxygen atoms in total. The summed E-state index contributed by atoms with van der Waals surface area (Å²) in [6.45, 7) is 2.72. The van der Waals surface area contributed by atoms with Gasteiger partial charge < -0.3 is 5.73 Å². The number of hydrogen-bond donors (Lipinski definition) is 2. The van der Waals surface area contributed by atoms with E-state index in [-0.39, 0.29) is 17.3 Å². The van der Waals surface area contributed by atoms with Gasteiger partial charge in [0.05, 0.1) is 5.56 Å². The monoisotopic (exact) mass is 375 g/mol. The number of nitrogens with zero attached hydrogens (tertiary/aromatic N) is 3. The van der Waals surface area contributed by atoms with E-state index in [9.17, 15) is 13.2 Å². The molecule has 142 valence electrons. The van der Waals surface area contributed by atoms with Gasteiger partial charge in [-0.15, -0.1) is 0 Å². The first kappa shape index (κ1) is 17.9. The number of aromatic nitrogens is 4. The van der Waals surface area contributed by atoms with Gasteiger partial charge in [0, 0.05) is 23.2 Å². The topological polar surface area (TPSA) is 80.5 Å². The van der Waals surface area contributed by atoms with E-state index >= 15 is 0 Å². The molecule has 0 bridgehead atoms. The fourth-order valence-corrected chi connectivity index (χ4v) is 4.05. The summed E-state index contributed by atoms with van der Waals surface area (Å²) in [5.41, 5.74) is 6.17. The number of H-pyrrole nitrogens is 1. The molecule has 1 fully saturated rings. The van der Waals surface area contributed by atoms with Crippen LogP contribution in [-0.2, 0) is 6.18 Å². The minimum atomic E-state index is -4.52. The van der Waals surface area contributed by atoms with Gasteiger partial charge in [-0.1, -0.05) is 6.92 Å². The van der Waals surface area contributed by atoms with Gasteiger partial charge in [0.25, 0.3) is 0 Å². The number of hydrogen-bond acceptors (Lipinski definition) is 4. The molecule has 3 atom stereocenters. The fourth-order valence-electron chi connectivity index (χ4n) is 4.05. The Morgan fingerprint density at radius 3 is 2.70 bits per heavy atom. The Hall–Kier alpha value is -2.48. The van der Waals surface area contributed by atoms with Crippen molar-refractivity contribution < 1.29 is 13.2 Å². The van der Waals surface area contributed by atoms with Gasteiger partial charge >= 0.3 is 6.18 Å². The minimum absolute atomic E-state index is 0.109. The average molecular weight is 375 g/mol. The highest BCUT2D eigenvalue weighted by Crippen LogP contribution is 2.43. The number of pyridine rings is 2. The molecule has 1 aliphatic carbocycles. The number of aromatic amines is 1. The van der Waals surface area contributed by atoms with Crippen molar-refractivity contribution in [2.75, 3.05) is 6.54 Å². The van der Waals surface area contributed by atoms with Crippen molar-refractivity contribution in [1.29, 1.82) is 0 Å². The second-order valence-corrected chi connectivity index (χ2v) is 7.24. The molecule has 0 amide bonds. The highest BCUT2D eigenvalue weighted by atomic mass is 19.4. The van der Waals surface area contributed by atoms with E-state index < -0.39 is 11.7 Å². The smallest absolute Gasteiger partial charge is 0.330 e. The third kappa shape index (κ3) is 3.18. The summed E-state index contributed by atoms with van der Waals surface area (Å²) in [6, 6.07) is 5.98. The Morgan fingerprint density at radius 1 is 1.19 bits per heavy atom. The number of nitrogens with two attached hydrogens (primary N) is 1. The van der Waals surface area contributed by atoms with Crippen LogP contribution in [0.15, 0.2) is 30.5 Å². The zero-order valence-corrected chi connectivity index (χ0v) is 14.8. The zero-order chi connectivity index (χ0) is 19.2. The van der Waals surface area contributed by atoms with E-state index in [4.69, 9.17) is 5.73 Å². The van der Waals surface area contributed by atoms with Gasteiger partial charge in [0.2, 0.25) is 0 Å². The van der Waals surface area contributed by atoms with Crippen LogP contribution in [0.3, 0.4) is 0 Å². The lowest BCUT2D eigenvalue weighted by atomic mass is 9.98. The van der Waals surface area contributed by atoms with Crippen molar-refractivity contribution in [3.8, 4) is 11.4 Å². The van der Waals surface area contributed by atoms with Crippen LogP contribution in [0.5, 0.6) is 0 Å². The van der Waals surface area contributed by atoms with Crippen molar-refractivity contribution in [3.63, 3.8) is 0 Å². The van der Waals surface area contributed by atoms with Crippen molar-refractivity contribution in [3.05, 3.63) is 41.7 Å². The molecule has 0 spiro atoms. The molecule has 1 aliphatic rings. The normalized spacial score (nSPS) is 23.2. The molecule has 3 aromatic rings. The molecule has 3 heterocycles. The molecule has 8 heteroatoms. The van der Waals surface area contributed by atoms with Gasteiger partial charge in [0.1, 0.15) is 11.4 Å². The third-order valence-electron chi connectivity index (χ3n) is 5.55. The maximum absolute atomic E-state index is 13.6. The minimum Gasteiger partial charge on any atom is -0.330 e.